The fraction of sp³-hybridized carbons (Fsp3) is 0.444. The Morgan fingerprint density at radius 3 is 1.10 bits per heavy atom. The van der Waals surface area contributed by atoms with Crippen molar-refractivity contribution in [3.05, 3.63) is 74.5 Å². The van der Waals surface area contributed by atoms with Crippen LogP contribution >= 0.6 is 0 Å². The lowest BCUT2D eigenvalue weighted by atomic mass is 9.98. The van der Waals surface area contributed by atoms with E-state index < -0.39 is 0 Å². The minimum Gasteiger partial charge on any atom is -0.805 e. The predicted molar refractivity (Wildman–Crippen MR) is 176 cm³/mol. The van der Waals surface area contributed by atoms with Gasteiger partial charge in [0.1, 0.15) is 0 Å². The molecule has 0 unspecified atom stereocenters. The van der Waals surface area contributed by atoms with Crippen LogP contribution in [0.2, 0.25) is 0 Å². The molecule has 0 aromatic carbocycles. The zero-order valence-electron chi connectivity index (χ0n) is 26.2. The minimum atomic E-state index is 0.723. The summed E-state index contributed by atoms with van der Waals surface area (Å²) < 4.78 is 1.15. The molecule has 8 bridgehead atoms. The summed E-state index contributed by atoms with van der Waals surface area (Å²) in [5, 5.41) is 14.1. The molecule has 0 fully saturated rings. The molecular formula is C36H45N4O-. The highest BCUT2D eigenvalue weighted by atomic mass is 16.5. The van der Waals surface area contributed by atoms with Crippen LogP contribution in [-0.4, -0.2) is 19.7 Å². The maximum Gasteiger partial charge on any atom is 0.0693 e. The van der Waals surface area contributed by atoms with Crippen LogP contribution < -0.4 is 0 Å². The number of H-pyrrole nitrogens is 1. The van der Waals surface area contributed by atoms with Gasteiger partial charge in [-0.3, -0.25) is 0 Å². The number of allylic oxidation sites excluding steroid dienone is 4. The van der Waals surface area contributed by atoms with Crippen molar-refractivity contribution in [1.82, 2.24) is 19.7 Å². The third kappa shape index (κ3) is 4.64. The van der Waals surface area contributed by atoms with E-state index in [2.05, 4.69) is 84.6 Å². The average molecular weight is 550 g/mol. The molecule has 0 spiro atoms. The number of hydrogen-bond donors (Lipinski definition) is 1. The quantitative estimate of drug-likeness (QED) is 0.304. The Bertz CT molecular complexity index is 1600. The first-order valence-electron chi connectivity index (χ1n) is 15.8. The zero-order valence-corrected chi connectivity index (χ0v) is 26.2. The summed E-state index contributed by atoms with van der Waals surface area (Å²) in [5.74, 6) is 0. The van der Waals surface area contributed by atoms with Crippen LogP contribution in [0.15, 0.2) is 24.3 Å². The third-order valence-electron chi connectivity index (χ3n) is 9.09. The Labute approximate surface area is 245 Å². The normalized spacial score (nSPS) is 13.6. The Morgan fingerprint density at radius 1 is 0.488 bits per heavy atom. The Morgan fingerprint density at radius 2 is 0.805 bits per heavy atom. The highest BCUT2D eigenvalue weighted by molar-refractivity contribution is 5.95. The van der Waals surface area contributed by atoms with E-state index in [-0.39, 0.29) is 0 Å². The van der Waals surface area contributed by atoms with E-state index in [0.717, 1.165) is 112 Å². The summed E-state index contributed by atoms with van der Waals surface area (Å²) >= 11 is 0. The van der Waals surface area contributed by atoms with Gasteiger partial charge in [-0.05, 0) is 120 Å². The number of hydrogen-bond acceptors (Lipinski definition) is 3. The van der Waals surface area contributed by atoms with E-state index in [1.807, 2.05) is 0 Å². The first-order valence-corrected chi connectivity index (χ1v) is 15.8. The molecule has 2 aliphatic rings. The molecule has 1 N–H and O–H groups in total. The van der Waals surface area contributed by atoms with Crippen molar-refractivity contribution in [2.45, 2.75) is 107 Å². The number of fused-ring (bicyclic) bond motifs is 8. The van der Waals surface area contributed by atoms with E-state index >= 15 is 0 Å². The summed E-state index contributed by atoms with van der Waals surface area (Å²) in [6, 6.07) is 8.59. The Kier molecular flexibility index (Phi) is 8.26. The first-order chi connectivity index (χ1) is 19.9. The van der Waals surface area contributed by atoms with Crippen molar-refractivity contribution in [3.63, 3.8) is 0 Å². The van der Waals surface area contributed by atoms with Crippen LogP contribution in [0.4, 0.5) is 0 Å². The summed E-state index contributed by atoms with van der Waals surface area (Å²) in [6.07, 6.45) is 7.03. The van der Waals surface area contributed by atoms with E-state index in [4.69, 9.17) is 9.97 Å². The SMILES string of the molecule is CCC1=C(CC)c2cc3c(CC)c(CC)c(cc4nc(cc5[nH]c(cc1n2)c(CC)c5CC)C(CC)=C4CC)n3[O-]. The van der Waals surface area contributed by atoms with E-state index in [0.29, 0.717) is 0 Å². The van der Waals surface area contributed by atoms with Gasteiger partial charge >= 0.3 is 0 Å². The van der Waals surface area contributed by atoms with Gasteiger partial charge in [0.2, 0.25) is 0 Å². The van der Waals surface area contributed by atoms with Crippen LogP contribution in [0.25, 0.3) is 44.4 Å². The van der Waals surface area contributed by atoms with Gasteiger partial charge in [-0.15, -0.1) is 0 Å². The van der Waals surface area contributed by atoms with Crippen molar-refractivity contribution in [3.8, 4) is 0 Å². The predicted octanol–water partition coefficient (Wildman–Crippen LogP) is 9.85. The number of nitrogens with zero attached hydrogens (tertiary/aromatic N) is 3. The smallest absolute Gasteiger partial charge is 0.0693 e. The van der Waals surface area contributed by atoms with Crippen LogP contribution in [0.1, 0.15) is 126 Å². The summed E-state index contributed by atoms with van der Waals surface area (Å²) in [5.41, 5.74) is 17.5. The maximum atomic E-state index is 14.1. The lowest BCUT2D eigenvalue weighted by Gasteiger charge is -2.11. The summed E-state index contributed by atoms with van der Waals surface area (Å²) in [6.45, 7) is 17.6. The number of aromatic amines is 1. The number of rotatable bonds is 8. The van der Waals surface area contributed by atoms with E-state index in [9.17, 15) is 5.21 Å². The van der Waals surface area contributed by atoms with Gasteiger partial charge in [-0.1, -0.05) is 55.4 Å². The molecule has 0 amide bonds. The molecule has 5 heteroatoms. The zero-order chi connectivity index (χ0) is 29.4. The van der Waals surface area contributed by atoms with Gasteiger partial charge in [-0.25, -0.2) is 9.97 Å². The van der Waals surface area contributed by atoms with Crippen LogP contribution in [0.3, 0.4) is 0 Å². The number of nitrogens with one attached hydrogen (secondary N) is 1. The highest BCUT2D eigenvalue weighted by Crippen LogP contribution is 2.39. The first kappa shape index (κ1) is 28.9. The Balaban J connectivity index is 2.07. The van der Waals surface area contributed by atoms with Crippen molar-refractivity contribution < 1.29 is 0 Å². The number of aryl methyl sites for hydroxylation is 4. The molecule has 5 heterocycles. The van der Waals surface area contributed by atoms with Crippen molar-refractivity contribution in [1.29, 1.82) is 0 Å². The second-order valence-corrected chi connectivity index (χ2v) is 11.0. The Hall–Kier alpha value is -3.60. The fourth-order valence-electron chi connectivity index (χ4n) is 7.18. The topological polar surface area (TPSA) is 69.6 Å². The van der Waals surface area contributed by atoms with Gasteiger partial charge < -0.3 is 14.9 Å². The fourth-order valence-corrected chi connectivity index (χ4v) is 7.18. The van der Waals surface area contributed by atoms with Crippen molar-refractivity contribution in [2.24, 2.45) is 0 Å². The lowest BCUT2D eigenvalue weighted by molar-refractivity contribution is 1.07. The van der Waals surface area contributed by atoms with Crippen LogP contribution in [0, 0.1) is 5.21 Å². The molecule has 0 atom stereocenters. The molecule has 3 aromatic heterocycles. The molecule has 0 saturated heterocycles. The molecular weight excluding hydrogens is 504 g/mol. The van der Waals surface area contributed by atoms with E-state index in [1.54, 1.807) is 0 Å². The van der Waals surface area contributed by atoms with Crippen molar-refractivity contribution in [2.75, 3.05) is 0 Å². The molecule has 0 radical (unpaired) electrons. The summed E-state index contributed by atoms with van der Waals surface area (Å²) in [4.78, 5) is 14.2. The van der Waals surface area contributed by atoms with Gasteiger partial charge in [0.25, 0.3) is 0 Å². The maximum absolute atomic E-state index is 14.1. The monoisotopic (exact) mass is 549 g/mol. The molecule has 5 nitrogen and oxygen atoms in total. The lowest BCUT2D eigenvalue weighted by Crippen LogP contribution is -1.89. The van der Waals surface area contributed by atoms with Gasteiger partial charge in [0, 0.05) is 22.1 Å². The molecule has 0 aliphatic carbocycles. The molecule has 2 aliphatic heterocycles. The average Bonchev–Trinajstić information content (AvgIpc) is 3.67. The largest absolute Gasteiger partial charge is 0.805 e. The highest BCUT2D eigenvalue weighted by Gasteiger charge is 2.22. The molecule has 3 aromatic rings. The number of aromatic nitrogens is 4. The van der Waals surface area contributed by atoms with Crippen molar-refractivity contribution >= 4 is 44.4 Å². The van der Waals surface area contributed by atoms with Crippen LogP contribution in [-0.2, 0) is 25.7 Å². The van der Waals surface area contributed by atoms with Crippen LogP contribution in [0.5, 0.6) is 0 Å². The third-order valence-corrected chi connectivity index (χ3v) is 9.09. The van der Waals surface area contributed by atoms with Gasteiger partial charge in [0.15, 0.2) is 0 Å². The van der Waals surface area contributed by atoms with Gasteiger partial charge in [-0.2, -0.15) is 0 Å². The molecule has 41 heavy (non-hydrogen) atoms. The van der Waals surface area contributed by atoms with Gasteiger partial charge in [0.05, 0.1) is 22.8 Å². The standard InChI is InChI=1S/C36H45N4O/c1-9-21-22(10-2)30-18-32-24(12-4)26(14-6)34(39-32)20-36-28(16-8)27(15-7)35(40(36)41)19-33-25(13-5)23(11-3)31(38-33)17-29(21)37-30/h17-20,37H,9-16H2,1-8H3/q-1. The minimum absolute atomic E-state index is 0.723. The van der Waals surface area contributed by atoms with E-state index in [1.165, 1.54) is 33.4 Å². The molecule has 216 valence electrons. The second kappa shape index (κ2) is 11.7. The molecule has 0 saturated carbocycles. The summed E-state index contributed by atoms with van der Waals surface area (Å²) in [7, 11) is 0. The molecule has 5 rings (SSSR count). The second-order valence-electron chi connectivity index (χ2n) is 11.0.